The van der Waals surface area contributed by atoms with Gasteiger partial charge in [-0.1, -0.05) is 6.92 Å². The number of nitrogens with zero attached hydrogens (tertiary/aromatic N) is 1. The van der Waals surface area contributed by atoms with Gasteiger partial charge in [0.2, 0.25) is 0 Å². The van der Waals surface area contributed by atoms with Crippen molar-refractivity contribution in [1.82, 2.24) is 10.2 Å². The first kappa shape index (κ1) is 15.6. The average Bonchev–Trinajstić information content (AvgIpc) is 2.72. The Morgan fingerprint density at radius 3 is 2.47 bits per heavy atom. The van der Waals surface area contributed by atoms with Crippen molar-refractivity contribution < 1.29 is 27.9 Å². The summed E-state index contributed by atoms with van der Waals surface area (Å²) in [6.45, 7) is 1.51. The van der Waals surface area contributed by atoms with Gasteiger partial charge in [-0.25, -0.2) is 4.79 Å². The second kappa shape index (κ2) is 5.66. The van der Waals surface area contributed by atoms with Crippen molar-refractivity contribution >= 4 is 12.0 Å². The van der Waals surface area contributed by atoms with E-state index in [9.17, 15) is 22.8 Å². The van der Waals surface area contributed by atoms with Crippen molar-refractivity contribution in [3.8, 4) is 0 Å². The molecule has 1 aliphatic rings. The fourth-order valence-corrected chi connectivity index (χ4v) is 2.08. The van der Waals surface area contributed by atoms with Crippen molar-refractivity contribution in [2.24, 2.45) is 5.41 Å². The second-order valence-corrected chi connectivity index (χ2v) is 4.71. The molecule has 110 valence electrons. The van der Waals surface area contributed by atoms with Gasteiger partial charge in [0.05, 0.1) is 11.8 Å². The Morgan fingerprint density at radius 1 is 1.42 bits per heavy atom. The molecule has 0 bridgehead atoms. The number of aliphatic carboxylic acids is 1. The van der Waals surface area contributed by atoms with E-state index in [2.05, 4.69) is 5.32 Å². The summed E-state index contributed by atoms with van der Waals surface area (Å²) in [6.07, 6.45) is -4.70. The average molecular weight is 282 g/mol. The van der Waals surface area contributed by atoms with E-state index in [0.717, 1.165) is 0 Å². The van der Waals surface area contributed by atoms with E-state index in [1.54, 1.807) is 6.92 Å². The Balaban J connectivity index is 2.46. The lowest BCUT2D eigenvalue weighted by Crippen LogP contribution is -2.42. The van der Waals surface area contributed by atoms with Gasteiger partial charge in [0, 0.05) is 19.6 Å². The fraction of sp³-hybridized carbons (Fsp3) is 0.818. The highest BCUT2D eigenvalue weighted by molar-refractivity contribution is 5.79. The second-order valence-electron chi connectivity index (χ2n) is 4.71. The van der Waals surface area contributed by atoms with Crippen LogP contribution in [0.2, 0.25) is 0 Å². The van der Waals surface area contributed by atoms with Gasteiger partial charge in [0.25, 0.3) is 0 Å². The number of hydrogen-bond acceptors (Lipinski definition) is 2. The van der Waals surface area contributed by atoms with Crippen molar-refractivity contribution in [3.63, 3.8) is 0 Å². The fourth-order valence-electron chi connectivity index (χ4n) is 2.08. The number of halogens is 3. The van der Waals surface area contributed by atoms with Crippen LogP contribution in [0.15, 0.2) is 0 Å². The molecule has 1 unspecified atom stereocenters. The molecule has 0 aromatic heterocycles. The van der Waals surface area contributed by atoms with Crippen molar-refractivity contribution in [3.05, 3.63) is 0 Å². The summed E-state index contributed by atoms with van der Waals surface area (Å²) in [5.74, 6) is -0.972. The molecule has 0 aliphatic carbocycles. The molecular formula is C11H17F3N2O3. The van der Waals surface area contributed by atoms with Gasteiger partial charge < -0.3 is 15.3 Å². The standard InChI is InChI=1S/C11H17F3N2O3/c1-2-10(8(17)18)4-6-16(7-10)9(19)15-5-3-11(12,13)14/h2-7H2,1H3,(H,15,19)(H,17,18). The zero-order valence-electron chi connectivity index (χ0n) is 10.6. The Kier molecular flexibility index (Phi) is 4.65. The molecule has 2 N–H and O–H groups in total. The van der Waals surface area contributed by atoms with Crippen LogP contribution in [-0.4, -0.2) is 47.8 Å². The van der Waals surface area contributed by atoms with E-state index in [-0.39, 0.29) is 13.1 Å². The summed E-state index contributed by atoms with van der Waals surface area (Å²) < 4.78 is 35.8. The van der Waals surface area contributed by atoms with Crippen LogP contribution in [0.4, 0.5) is 18.0 Å². The predicted octanol–water partition coefficient (Wildman–Crippen LogP) is 1.84. The van der Waals surface area contributed by atoms with Crippen LogP contribution >= 0.6 is 0 Å². The van der Waals surface area contributed by atoms with Crippen LogP contribution < -0.4 is 5.32 Å². The van der Waals surface area contributed by atoms with E-state index in [1.165, 1.54) is 4.90 Å². The number of carbonyl (C=O) groups excluding carboxylic acids is 1. The quantitative estimate of drug-likeness (QED) is 0.826. The molecule has 0 radical (unpaired) electrons. The zero-order valence-corrected chi connectivity index (χ0v) is 10.6. The third-order valence-electron chi connectivity index (χ3n) is 3.46. The van der Waals surface area contributed by atoms with E-state index in [4.69, 9.17) is 5.11 Å². The van der Waals surface area contributed by atoms with Crippen LogP contribution in [-0.2, 0) is 4.79 Å². The smallest absolute Gasteiger partial charge is 0.390 e. The predicted molar refractivity (Wildman–Crippen MR) is 60.6 cm³/mol. The summed E-state index contributed by atoms with van der Waals surface area (Å²) in [4.78, 5) is 24.0. The summed E-state index contributed by atoms with van der Waals surface area (Å²) in [5.41, 5.74) is -0.971. The van der Waals surface area contributed by atoms with Gasteiger partial charge in [-0.05, 0) is 12.8 Å². The van der Waals surface area contributed by atoms with Gasteiger partial charge in [0.15, 0.2) is 0 Å². The van der Waals surface area contributed by atoms with Crippen LogP contribution in [0.1, 0.15) is 26.2 Å². The van der Waals surface area contributed by atoms with Gasteiger partial charge in [-0.3, -0.25) is 4.79 Å². The largest absolute Gasteiger partial charge is 0.481 e. The lowest BCUT2D eigenvalue weighted by Gasteiger charge is -2.23. The van der Waals surface area contributed by atoms with Gasteiger partial charge in [-0.15, -0.1) is 0 Å². The molecule has 5 nitrogen and oxygen atoms in total. The lowest BCUT2D eigenvalue weighted by atomic mass is 9.84. The molecule has 0 aromatic carbocycles. The number of carboxylic acids is 1. The molecule has 0 saturated carbocycles. The maximum Gasteiger partial charge on any atom is 0.390 e. The third-order valence-corrected chi connectivity index (χ3v) is 3.46. The van der Waals surface area contributed by atoms with Crippen LogP contribution in [0.3, 0.4) is 0 Å². The zero-order chi connectivity index (χ0) is 14.7. The number of hydrogen-bond donors (Lipinski definition) is 2. The SMILES string of the molecule is CCC1(C(=O)O)CCN(C(=O)NCCC(F)(F)F)C1. The number of likely N-dealkylation sites (tertiary alicyclic amines) is 1. The van der Waals surface area contributed by atoms with Gasteiger partial charge in [0.1, 0.15) is 0 Å². The van der Waals surface area contributed by atoms with E-state index < -0.39 is 36.6 Å². The third kappa shape index (κ3) is 4.00. The molecule has 0 aromatic rings. The summed E-state index contributed by atoms with van der Waals surface area (Å²) in [6, 6.07) is -0.638. The minimum absolute atomic E-state index is 0.0384. The van der Waals surface area contributed by atoms with Crippen LogP contribution in [0, 0.1) is 5.41 Å². The Morgan fingerprint density at radius 2 is 2.05 bits per heavy atom. The maximum absolute atomic E-state index is 11.9. The number of nitrogens with one attached hydrogen (secondary N) is 1. The first-order valence-corrected chi connectivity index (χ1v) is 6.03. The topological polar surface area (TPSA) is 69.6 Å². The molecule has 1 heterocycles. The van der Waals surface area contributed by atoms with E-state index in [1.807, 2.05) is 0 Å². The number of amides is 2. The molecule has 19 heavy (non-hydrogen) atoms. The highest BCUT2D eigenvalue weighted by Crippen LogP contribution is 2.34. The highest BCUT2D eigenvalue weighted by Gasteiger charge is 2.44. The van der Waals surface area contributed by atoms with Crippen LogP contribution in [0.25, 0.3) is 0 Å². The molecule has 2 amide bonds. The molecule has 1 atom stereocenters. The minimum atomic E-state index is -4.31. The number of carboxylic acid groups (broad SMARTS) is 1. The first-order valence-electron chi connectivity index (χ1n) is 6.03. The number of alkyl halides is 3. The molecular weight excluding hydrogens is 265 g/mol. The molecule has 1 aliphatic heterocycles. The highest BCUT2D eigenvalue weighted by atomic mass is 19.4. The van der Waals surface area contributed by atoms with Crippen molar-refractivity contribution in [1.29, 1.82) is 0 Å². The van der Waals surface area contributed by atoms with Crippen molar-refractivity contribution in [2.75, 3.05) is 19.6 Å². The molecule has 1 fully saturated rings. The Hall–Kier alpha value is -1.47. The minimum Gasteiger partial charge on any atom is -0.481 e. The van der Waals surface area contributed by atoms with Crippen LogP contribution in [0.5, 0.6) is 0 Å². The molecule has 1 saturated heterocycles. The number of carbonyl (C=O) groups is 2. The monoisotopic (exact) mass is 282 g/mol. The lowest BCUT2D eigenvalue weighted by molar-refractivity contribution is -0.148. The molecule has 1 rings (SSSR count). The van der Waals surface area contributed by atoms with Crippen molar-refractivity contribution in [2.45, 2.75) is 32.4 Å². The number of urea groups is 1. The first-order chi connectivity index (χ1) is 8.70. The summed E-state index contributed by atoms with van der Waals surface area (Å²) in [7, 11) is 0. The van der Waals surface area contributed by atoms with Gasteiger partial charge in [-0.2, -0.15) is 13.2 Å². The molecule has 8 heteroatoms. The summed E-state index contributed by atoms with van der Waals surface area (Å²) in [5, 5.41) is 11.3. The maximum atomic E-state index is 11.9. The normalized spacial score (nSPS) is 23.5. The van der Waals surface area contributed by atoms with E-state index in [0.29, 0.717) is 12.8 Å². The molecule has 0 spiro atoms. The summed E-state index contributed by atoms with van der Waals surface area (Å²) >= 11 is 0. The number of rotatable bonds is 4. The Labute approximate surface area is 108 Å². The van der Waals surface area contributed by atoms with E-state index >= 15 is 0 Å². The van der Waals surface area contributed by atoms with Gasteiger partial charge >= 0.3 is 18.2 Å². The Bertz CT molecular complexity index is 360.